The molecule has 0 aliphatic carbocycles. The Morgan fingerprint density at radius 2 is 1.97 bits per heavy atom. The first-order valence-electron chi connectivity index (χ1n) is 10.5. The van der Waals surface area contributed by atoms with Gasteiger partial charge in [0.05, 0.1) is 40.5 Å². The average molecular weight is 498 g/mol. The number of nitrogens with zero attached hydrogens (tertiary/aromatic N) is 2. The number of carbonyl (C=O) groups is 3. The highest BCUT2D eigenvalue weighted by atomic mass is 32.2. The van der Waals surface area contributed by atoms with Gasteiger partial charge in [-0.1, -0.05) is 11.8 Å². The van der Waals surface area contributed by atoms with Gasteiger partial charge in [0.1, 0.15) is 21.8 Å². The Hall–Kier alpha value is -3.42. The number of pyridine rings is 1. The Bertz CT molecular complexity index is 1310. The number of nitrogens with one attached hydrogen (secondary N) is 1. The molecule has 0 spiro atoms. The van der Waals surface area contributed by atoms with Crippen LogP contribution in [0.25, 0.3) is 10.9 Å². The normalized spacial score (nSPS) is 10.6. The quantitative estimate of drug-likeness (QED) is 0.250. The van der Waals surface area contributed by atoms with Crippen molar-refractivity contribution >= 4 is 56.7 Å². The minimum Gasteiger partial charge on any atom is -0.494 e. The predicted octanol–water partition coefficient (Wildman–Crippen LogP) is 4.99. The molecule has 0 bridgehead atoms. The number of thiophene rings is 1. The Kier molecular flexibility index (Phi) is 8.26. The molecule has 1 N–H and O–H groups in total. The van der Waals surface area contributed by atoms with Gasteiger partial charge in [-0.3, -0.25) is 9.59 Å². The van der Waals surface area contributed by atoms with E-state index >= 15 is 0 Å². The molecule has 34 heavy (non-hydrogen) atoms. The molecule has 0 aliphatic rings. The van der Waals surface area contributed by atoms with Crippen LogP contribution in [-0.4, -0.2) is 41.6 Å². The van der Waals surface area contributed by atoms with E-state index in [9.17, 15) is 19.6 Å². The van der Waals surface area contributed by atoms with Gasteiger partial charge in [0, 0.05) is 11.5 Å². The van der Waals surface area contributed by atoms with Gasteiger partial charge >= 0.3 is 5.97 Å². The molecular formula is C24H23N3O5S2. The lowest BCUT2D eigenvalue weighted by Gasteiger charge is -2.09. The van der Waals surface area contributed by atoms with Crippen molar-refractivity contribution in [2.45, 2.75) is 32.7 Å². The van der Waals surface area contributed by atoms with Crippen LogP contribution >= 0.6 is 23.1 Å². The van der Waals surface area contributed by atoms with Crippen LogP contribution < -0.4 is 10.1 Å². The largest absolute Gasteiger partial charge is 0.494 e. The third kappa shape index (κ3) is 5.55. The molecule has 8 nitrogen and oxygen atoms in total. The highest BCUT2D eigenvalue weighted by Crippen LogP contribution is 2.34. The van der Waals surface area contributed by atoms with E-state index in [1.807, 2.05) is 19.1 Å². The fourth-order valence-electron chi connectivity index (χ4n) is 3.26. The second-order valence-electron chi connectivity index (χ2n) is 7.11. The van der Waals surface area contributed by atoms with Gasteiger partial charge < -0.3 is 14.8 Å². The molecule has 0 fully saturated rings. The summed E-state index contributed by atoms with van der Waals surface area (Å²) in [5, 5.41) is 13.7. The minimum atomic E-state index is -0.597. The van der Waals surface area contributed by atoms with Crippen molar-refractivity contribution in [1.29, 1.82) is 5.26 Å². The summed E-state index contributed by atoms with van der Waals surface area (Å²) in [6, 6.07) is 9.27. The first-order valence-corrected chi connectivity index (χ1v) is 12.3. The van der Waals surface area contributed by atoms with E-state index in [1.165, 1.54) is 6.92 Å². The van der Waals surface area contributed by atoms with Crippen LogP contribution in [0.1, 0.15) is 51.9 Å². The smallest absolute Gasteiger partial charge is 0.341 e. The number of nitriles is 1. The van der Waals surface area contributed by atoms with Crippen LogP contribution in [-0.2, 0) is 9.53 Å². The summed E-state index contributed by atoms with van der Waals surface area (Å²) >= 11 is 2.15. The highest BCUT2D eigenvalue weighted by molar-refractivity contribution is 8.00. The molecule has 0 saturated carbocycles. The van der Waals surface area contributed by atoms with Crippen LogP contribution in [0.5, 0.6) is 5.75 Å². The molecule has 3 aromatic rings. The number of amides is 1. The van der Waals surface area contributed by atoms with Gasteiger partial charge in [-0.05, 0) is 51.5 Å². The van der Waals surface area contributed by atoms with E-state index in [-0.39, 0.29) is 28.7 Å². The van der Waals surface area contributed by atoms with Crippen LogP contribution in [0.15, 0.2) is 29.3 Å². The van der Waals surface area contributed by atoms with Crippen molar-refractivity contribution < 1.29 is 23.9 Å². The molecule has 10 heteroatoms. The van der Waals surface area contributed by atoms with Crippen molar-refractivity contribution in [3.63, 3.8) is 0 Å². The summed E-state index contributed by atoms with van der Waals surface area (Å²) in [5.41, 5.74) is 1.66. The second-order valence-corrected chi connectivity index (χ2v) is 9.10. The number of thioether (sulfide) groups is 1. The Labute approximate surface area is 205 Å². The van der Waals surface area contributed by atoms with E-state index in [1.54, 1.807) is 26.0 Å². The summed E-state index contributed by atoms with van der Waals surface area (Å²) in [7, 11) is 0. The lowest BCUT2D eigenvalue weighted by molar-refractivity contribution is -0.113. The Balaban J connectivity index is 1.82. The SMILES string of the molecule is CCOC(=O)c1c(NC(=O)CSc2nc3cc(OCC)ccc3cc2C#N)sc(C(C)=O)c1C. The van der Waals surface area contributed by atoms with Gasteiger partial charge in [0.25, 0.3) is 0 Å². The zero-order chi connectivity index (χ0) is 24.8. The number of carbonyl (C=O) groups excluding carboxylic acids is 3. The standard InChI is InChI=1S/C24H23N3O5S2/c1-5-31-17-8-7-15-9-16(11-25)22(26-18(15)10-17)33-12-19(29)27-23-20(24(30)32-6-2)13(3)21(34-23)14(4)28/h7-10H,5-6,12H2,1-4H3,(H,27,29). The number of ether oxygens (including phenoxy) is 2. The third-order valence-electron chi connectivity index (χ3n) is 4.72. The number of hydrogen-bond acceptors (Lipinski definition) is 9. The molecule has 1 aromatic carbocycles. The van der Waals surface area contributed by atoms with E-state index in [0.29, 0.717) is 38.9 Å². The zero-order valence-corrected chi connectivity index (χ0v) is 20.8. The maximum Gasteiger partial charge on any atom is 0.341 e. The zero-order valence-electron chi connectivity index (χ0n) is 19.2. The topological polar surface area (TPSA) is 118 Å². The lowest BCUT2D eigenvalue weighted by atomic mass is 10.1. The molecule has 0 unspecified atom stereocenters. The minimum absolute atomic E-state index is 0.0487. The molecule has 0 radical (unpaired) electrons. The summed E-state index contributed by atoms with van der Waals surface area (Å²) in [6.45, 7) is 7.31. The van der Waals surface area contributed by atoms with Crippen LogP contribution in [0, 0.1) is 18.3 Å². The maximum absolute atomic E-state index is 12.7. The number of rotatable bonds is 9. The first-order chi connectivity index (χ1) is 16.3. The second kappa shape index (κ2) is 11.1. The number of esters is 1. The fraction of sp³-hybridized carbons (Fsp3) is 0.292. The molecule has 0 saturated heterocycles. The van der Waals surface area contributed by atoms with Crippen LogP contribution in [0.4, 0.5) is 5.00 Å². The monoisotopic (exact) mass is 497 g/mol. The van der Waals surface area contributed by atoms with Gasteiger partial charge in [0.15, 0.2) is 5.78 Å². The maximum atomic E-state index is 12.7. The number of ketones is 1. The molecule has 0 atom stereocenters. The molecule has 2 heterocycles. The molecule has 0 aliphatic heterocycles. The summed E-state index contributed by atoms with van der Waals surface area (Å²) < 4.78 is 10.6. The predicted molar refractivity (Wildman–Crippen MR) is 132 cm³/mol. The van der Waals surface area contributed by atoms with Crippen LogP contribution in [0.2, 0.25) is 0 Å². The highest BCUT2D eigenvalue weighted by Gasteiger charge is 2.25. The first kappa shape index (κ1) is 25.2. The van der Waals surface area contributed by atoms with E-state index in [0.717, 1.165) is 28.5 Å². The summed E-state index contributed by atoms with van der Waals surface area (Å²) in [6.07, 6.45) is 0. The summed E-state index contributed by atoms with van der Waals surface area (Å²) in [4.78, 5) is 42.0. The van der Waals surface area contributed by atoms with E-state index < -0.39 is 11.9 Å². The molecule has 176 valence electrons. The summed E-state index contributed by atoms with van der Waals surface area (Å²) in [5.74, 6) is -0.580. The molecule has 3 rings (SSSR count). The number of aromatic nitrogens is 1. The lowest BCUT2D eigenvalue weighted by Crippen LogP contribution is -2.16. The Morgan fingerprint density at radius 1 is 1.21 bits per heavy atom. The van der Waals surface area contributed by atoms with Crippen molar-refractivity contribution in [1.82, 2.24) is 4.98 Å². The van der Waals surface area contributed by atoms with E-state index in [4.69, 9.17) is 9.47 Å². The average Bonchev–Trinajstić information content (AvgIpc) is 3.13. The third-order valence-corrected chi connectivity index (χ3v) is 7.02. The van der Waals surface area contributed by atoms with Crippen molar-refractivity contribution in [3.8, 4) is 11.8 Å². The number of anilines is 1. The van der Waals surface area contributed by atoms with Crippen molar-refractivity contribution in [2.24, 2.45) is 0 Å². The number of Topliss-reactive ketones (excluding diaryl/α,β-unsaturated/α-hetero) is 1. The van der Waals surface area contributed by atoms with Gasteiger partial charge in [-0.25, -0.2) is 9.78 Å². The molecular weight excluding hydrogens is 474 g/mol. The van der Waals surface area contributed by atoms with Gasteiger partial charge in [0.2, 0.25) is 5.91 Å². The van der Waals surface area contributed by atoms with Gasteiger partial charge in [-0.15, -0.1) is 11.3 Å². The molecule has 1 amide bonds. The number of fused-ring (bicyclic) bond motifs is 1. The van der Waals surface area contributed by atoms with E-state index in [2.05, 4.69) is 16.4 Å². The van der Waals surface area contributed by atoms with Gasteiger partial charge in [-0.2, -0.15) is 5.26 Å². The van der Waals surface area contributed by atoms with Crippen molar-refractivity contribution in [2.75, 3.05) is 24.3 Å². The van der Waals surface area contributed by atoms with Crippen LogP contribution in [0.3, 0.4) is 0 Å². The fourth-order valence-corrected chi connectivity index (χ4v) is 5.13. The van der Waals surface area contributed by atoms with Crippen molar-refractivity contribution in [3.05, 3.63) is 45.8 Å². The molecule has 2 aromatic heterocycles. The Morgan fingerprint density at radius 3 is 2.62 bits per heavy atom. The number of benzene rings is 1. The number of hydrogen-bond donors (Lipinski definition) is 1.